The summed E-state index contributed by atoms with van der Waals surface area (Å²) in [6.07, 6.45) is 0.776. The van der Waals surface area contributed by atoms with Crippen LogP contribution in [0.1, 0.15) is 48.1 Å². The fourth-order valence-corrected chi connectivity index (χ4v) is 4.61. The fourth-order valence-electron chi connectivity index (χ4n) is 4.61. The molecule has 0 bridgehead atoms. The maximum Gasteiger partial charge on any atom is 0.408 e. The van der Waals surface area contributed by atoms with Gasteiger partial charge in [-0.2, -0.15) is 5.10 Å². The number of amides is 2. The number of benzene rings is 2. The first kappa shape index (κ1) is 31.1. The number of aromatic nitrogens is 4. The quantitative estimate of drug-likeness (QED) is 0.198. The van der Waals surface area contributed by atoms with Crippen molar-refractivity contribution in [1.82, 2.24) is 30.6 Å². The average molecular weight is 613 g/mol. The summed E-state index contributed by atoms with van der Waals surface area (Å²) in [7, 11) is 1.62. The zero-order valence-corrected chi connectivity index (χ0v) is 25.2. The van der Waals surface area contributed by atoms with E-state index in [1.165, 1.54) is 30.0 Å². The zero-order chi connectivity index (χ0) is 32.2. The highest BCUT2D eigenvalue weighted by molar-refractivity contribution is 5.93. The Morgan fingerprint density at radius 1 is 0.978 bits per heavy atom. The third-order valence-corrected chi connectivity index (χ3v) is 7.27. The minimum atomic E-state index is -1.65. The fraction of sp³-hybridized carbons (Fsp3) is 0.242. The number of alkyl carbamates (subject to hydrolysis) is 1. The van der Waals surface area contributed by atoms with Crippen molar-refractivity contribution in [2.45, 2.75) is 38.5 Å². The summed E-state index contributed by atoms with van der Waals surface area (Å²) < 4.78 is 25.4. The van der Waals surface area contributed by atoms with Crippen molar-refractivity contribution in [2.75, 3.05) is 6.54 Å². The summed E-state index contributed by atoms with van der Waals surface area (Å²) in [6, 6.07) is 21.7. The molecule has 232 valence electrons. The van der Waals surface area contributed by atoms with Crippen LogP contribution in [0, 0.1) is 5.82 Å². The largest absolute Gasteiger partial charge is 0.445 e. The molecule has 0 saturated heterocycles. The van der Waals surface area contributed by atoms with E-state index < -0.39 is 29.0 Å². The molecule has 3 aromatic heterocycles. The van der Waals surface area contributed by atoms with Crippen molar-refractivity contribution in [3.05, 3.63) is 113 Å². The SMILES string of the molecule is Cn1nc(-c2ccon2)cc1C(=O)NCC(C)(O)c1cc(C(C)(C)NC(=O)OCc2ccccc2)cc(-c2ccc(F)cc2)n1. The van der Waals surface area contributed by atoms with Gasteiger partial charge in [0.15, 0.2) is 0 Å². The molecular formula is C33H33FN6O5. The van der Waals surface area contributed by atoms with Crippen LogP contribution in [0.25, 0.3) is 22.6 Å². The van der Waals surface area contributed by atoms with Gasteiger partial charge in [0.2, 0.25) is 0 Å². The molecule has 1 unspecified atom stereocenters. The molecule has 11 nitrogen and oxygen atoms in total. The van der Waals surface area contributed by atoms with E-state index in [1.54, 1.807) is 57.3 Å². The second-order valence-corrected chi connectivity index (χ2v) is 11.3. The molecule has 5 aromatic rings. The Morgan fingerprint density at radius 2 is 1.71 bits per heavy atom. The molecule has 3 N–H and O–H groups in total. The highest BCUT2D eigenvalue weighted by Crippen LogP contribution is 2.30. The Hall–Kier alpha value is -5.36. The molecule has 3 heterocycles. The van der Waals surface area contributed by atoms with Gasteiger partial charge >= 0.3 is 6.09 Å². The molecule has 0 fully saturated rings. The number of carbonyl (C=O) groups is 2. The molecule has 0 saturated carbocycles. The number of halogens is 1. The molecule has 0 radical (unpaired) electrons. The van der Waals surface area contributed by atoms with Gasteiger partial charge < -0.3 is 25.0 Å². The molecule has 1 atom stereocenters. The lowest BCUT2D eigenvalue weighted by atomic mass is 9.89. The van der Waals surface area contributed by atoms with Crippen LogP contribution < -0.4 is 10.6 Å². The predicted molar refractivity (Wildman–Crippen MR) is 163 cm³/mol. The highest BCUT2D eigenvalue weighted by atomic mass is 19.1. The lowest BCUT2D eigenvalue weighted by Crippen LogP contribution is -2.42. The minimum absolute atomic E-state index is 0.0936. The van der Waals surface area contributed by atoms with Gasteiger partial charge in [0.05, 0.1) is 23.5 Å². The topological polar surface area (TPSA) is 144 Å². The van der Waals surface area contributed by atoms with E-state index in [0.29, 0.717) is 28.2 Å². The Kier molecular flexibility index (Phi) is 8.77. The summed E-state index contributed by atoms with van der Waals surface area (Å²) in [4.78, 5) is 30.6. The molecule has 0 spiro atoms. The number of aliphatic hydroxyl groups is 1. The number of rotatable bonds is 10. The van der Waals surface area contributed by atoms with Crippen LogP contribution >= 0.6 is 0 Å². The Balaban J connectivity index is 1.38. The van der Waals surface area contributed by atoms with Crippen LogP contribution in [0.4, 0.5) is 9.18 Å². The standard InChI is InChI=1S/C33H33FN6O5/c1-32(2,37-31(42)44-19-21-8-6-5-7-9-21)23-16-26(22-10-12-24(34)13-11-22)36-29(17-23)33(3,43)20-35-30(41)28-18-27(38-40(28)4)25-14-15-45-39-25/h5-18,43H,19-20H2,1-4H3,(H,35,41)(H,37,42). The average Bonchev–Trinajstić information content (AvgIpc) is 3.70. The number of pyridine rings is 1. The molecule has 45 heavy (non-hydrogen) atoms. The first-order valence-electron chi connectivity index (χ1n) is 14.1. The highest BCUT2D eigenvalue weighted by Gasteiger charge is 2.31. The van der Waals surface area contributed by atoms with Crippen molar-refractivity contribution >= 4 is 12.0 Å². The van der Waals surface area contributed by atoms with Crippen molar-refractivity contribution in [2.24, 2.45) is 7.05 Å². The lowest BCUT2D eigenvalue weighted by molar-refractivity contribution is 0.0486. The van der Waals surface area contributed by atoms with Crippen LogP contribution in [-0.2, 0) is 29.5 Å². The van der Waals surface area contributed by atoms with Crippen LogP contribution in [0.5, 0.6) is 0 Å². The van der Waals surface area contributed by atoms with E-state index in [0.717, 1.165) is 5.56 Å². The van der Waals surface area contributed by atoms with Crippen LogP contribution in [-0.4, -0.2) is 43.6 Å². The zero-order valence-electron chi connectivity index (χ0n) is 25.2. The van der Waals surface area contributed by atoms with E-state index in [9.17, 15) is 19.1 Å². The van der Waals surface area contributed by atoms with Crippen molar-refractivity contribution in [1.29, 1.82) is 0 Å². The number of carbonyl (C=O) groups excluding carboxylic acids is 2. The van der Waals surface area contributed by atoms with Crippen molar-refractivity contribution in [3.63, 3.8) is 0 Å². The first-order chi connectivity index (χ1) is 21.4. The van der Waals surface area contributed by atoms with Crippen molar-refractivity contribution in [3.8, 4) is 22.6 Å². The van der Waals surface area contributed by atoms with Gasteiger partial charge in [0.1, 0.15) is 41.4 Å². The van der Waals surface area contributed by atoms with Gasteiger partial charge in [0, 0.05) is 18.7 Å². The van der Waals surface area contributed by atoms with Gasteiger partial charge in [-0.1, -0.05) is 35.5 Å². The monoisotopic (exact) mass is 612 g/mol. The minimum Gasteiger partial charge on any atom is -0.445 e. The number of hydrogen-bond donors (Lipinski definition) is 3. The van der Waals surface area contributed by atoms with Crippen LogP contribution in [0.3, 0.4) is 0 Å². The normalized spacial score (nSPS) is 12.8. The predicted octanol–water partition coefficient (Wildman–Crippen LogP) is 5.08. The van der Waals surface area contributed by atoms with E-state index in [4.69, 9.17) is 9.26 Å². The van der Waals surface area contributed by atoms with E-state index in [1.807, 2.05) is 30.3 Å². The molecule has 2 aromatic carbocycles. The maximum atomic E-state index is 13.7. The van der Waals surface area contributed by atoms with Crippen LogP contribution in [0.15, 0.2) is 89.6 Å². The second-order valence-electron chi connectivity index (χ2n) is 11.3. The van der Waals surface area contributed by atoms with Crippen molar-refractivity contribution < 1.29 is 28.3 Å². The number of ether oxygens (including phenoxy) is 1. The van der Waals surface area contributed by atoms with E-state index in [-0.39, 0.29) is 24.5 Å². The van der Waals surface area contributed by atoms with Gasteiger partial charge in [-0.05, 0) is 74.4 Å². The number of aryl methyl sites for hydroxylation is 1. The van der Waals surface area contributed by atoms with E-state index in [2.05, 4.69) is 25.9 Å². The Bertz CT molecular complexity index is 1780. The number of nitrogens with zero attached hydrogens (tertiary/aromatic N) is 4. The summed E-state index contributed by atoms with van der Waals surface area (Å²) in [6.45, 7) is 4.98. The lowest BCUT2D eigenvalue weighted by Gasteiger charge is -2.30. The molecule has 0 aliphatic rings. The first-order valence-corrected chi connectivity index (χ1v) is 14.1. The van der Waals surface area contributed by atoms with Gasteiger partial charge in [-0.25, -0.2) is 14.2 Å². The maximum absolute atomic E-state index is 13.7. The molecule has 12 heteroatoms. The van der Waals surface area contributed by atoms with Crippen LogP contribution in [0.2, 0.25) is 0 Å². The third kappa shape index (κ3) is 7.42. The Morgan fingerprint density at radius 3 is 2.40 bits per heavy atom. The summed E-state index contributed by atoms with van der Waals surface area (Å²) in [5, 5.41) is 25.4. The van der Waals surface area contributed by atoms with E-state index >= 15 is 0 Å². The van der Waals surface area contributed by atoms with Gasteiger partial charge in [-0.3, -0.25) is 9.48 Å². The van der Waals surface area contributed by atoms with Gasteiger partial charge in [0.25, 0.3) is 5.91 Å². The summed E-state index contributed by atoms with van der Waals surface area (Å²) in [5.41, 5.74) is 1.24. The smallest absolute Gasteiger partial charge is 0.408 e. The molecular weight excluding hydrogens is 579 g/mol. The molecule has 2 amide bonds. The molecule has 0 aliphatic heterocycles. The summed E-state index contributed by atoms with van der Waals surface area (Å²) in [5.74, 6) is -0.882. The number of nitrogens with one attached hydrogen (secondary N) is 2. The molecule has 0 aliphatic carbocycles. The summed E-state index contributed by atoms with van der Waals surface area (Å²) >= 11 is 0. The molecule has 5 rings (SSSR count). The Labute approximate surface area is 259 Å². The third-order valence-electron chi connectivity index (χ3n) is 7.27. The second kappa shape index (κ2) is 12.7. The van der Waals surface area contributed by atoms with Gasteiger partial charge in [-0.15, -0.1) is 0 Å². The number of hydrogen-bond acceptors (Lipinski definition) is 8.